The van der Waals surface area contributed by atoms with E-state index in [1.165, 1.54) is 10.4 Å². The summed E-state index contributed by atoms with van der Waals surface area (Å²) in [5, 5.41) is 2.69. The van der Waals surface area contributed by atoms with Crippen molar-refractivity contribution in [2.45, 2.75) is 31.2 Å². The third-order valence-electron chi connectivity index (χ3n) is 5.90. The molecule has 0 bridgehead atoms. The summed E-state index contributed by atoms with van der Waals surface area (Å²) in [7, 11) is -2.07. The summed E-state index contributed by atoms with van der Waals surface area (Å²) in [5.74, 6) is -0.381. The number of carbonyl (C=O) groups is 2. The number of hydrogen-bond acceptors (Lipinski definition) is 5. The molecule has 2 heterocycles. The van der Waals surface area contributed by atoms with Crippen molar-refractivity contribution in [3.05, 3.63) is 53.6 Å². The zero-order valence-corrected chi connectivity index (χ0v) is 19.0. The molecular formula is C23H27N3O5S. The lowest BCUT2D eigenvalue weighted by molar-refractivity contribution is -0.135. The van der Waals surface area contributed by atoms with Crippen LogP contribution in [0.3, 0.4) is 0 Å². The average Bonchev–Trinajstić information content (AvgIpc) is 2.78. The van der Waals surface area contributed by atoms with Gasteiger partial charge in [-0.1, -0.05) is 30.3 Å². The molecule has 32 heavy (non-hydrogen) atoms. The minimum Gasteiger partial charge on any atom is -0.482 e. The van der Waals surface area contributed by atoms with Crippen LogP contribution in [0.25, 0.3) is 0 Å². The van der Waals surface area contributed by atoms with Crippen molar-refractivity contribution in [3.63, 3.8) is 0 Å². The molecule has 2 aliphatic heterocycles. The fourth-order valence-electron chi connectivity index (χ4n) is 4.24. The molecule has 2 aromatic rings. The predicted molar refractivity (Wildman–Crippen MR) is 120 cm³/mol. The van der Waals surface area contributed by atoms with E-state index < -0.39 is 10.0 Å². The Bertz CT molecular complexity index is 1130. The molecule has 2 aliphatic rings. The topological polar surface area (TPSA) is 96.0 Å². The molecule has 0 saturated carbocycles. The Balaban J connectivity index is 1.51. The number of anilines is 1. The van der Waals surface area contributed by atoms with Crippen molar-refractivity contribution in [2.24, 2.45) is 5.92 Å². The van der Waals surface area contributed by atoms with Crippen LogP contribution in [0.5, 0.6) is 5.75 Å². The second-order valence-corrected chi connectivity index (χ2v) is 10.2. The van der Waals surface area contributed by atoms with Crippen LogP contribution in [0.4, 0.5) is 5.69 Å². The van der Waals surface area contributed by atoms with Gasteiger partial charge in [-0.3, -0.25) is 9.59 Å². The van der Waals surface area contributed by atoms with Gasteiger partial charge in [-0.2, -0.15) is 4.31 Å². The average molecular weight is 458 g/mol. The van der Waals surface area contributed by atoms with E-state index in [0.717, 1.165) is 5.56 Å². The van der Waals surface area contributed by atoms with E-state index in [0.29, 0.717) is 42.9 Å². The second-order valence-electron chi connectivity index (χ2n) is 8.33. The molecule has 0 unspecified atom stereocenters. The zero-order chi connectivity index (χ0) is 22.9. The number of rotatable bonds is 5. The summed E-state index contributed by atoms with van der Waals surface area (Å²) in [6.07, 6.45) is 1.27. The molecular weight excluding hydrogens is 430 g/mol. The lowest BCUT2D eigenvalue weighted by Crippen LogP contribution is -2.45. The maximum absolute atomic E-state index is 13.4. The van der Waals surface area contributed by atoms with E-state index >= 15 is 0 Å². The number of nitrogens with zero attached hydrogens (tertiary/aromatic N) is 2. The summed E-state index contributed by atoms with van der Waals surface area (Å²) < 4.78 is 33.7. The van der Waals surface area contributed by atoms with E-state index in [1.54, 1.807) is 24.9 Å². The largest absolute Gasteiger partial charge is 0.482 e. The number of sulfonamides is 1. The minimum absolute atomic E-state index is 0.0537. The molecule has 0 aromatic heterocycles. The van der Waals surface area contributed by atoms with Gasteiger partial charge in [0.1, 0.15) is 5.75 Å². The Morgan fingerprint density at radius 2 is 2.00 bits per heavy atom. The van der Waals surface area contributed by atoms with Crippen LogP contribution < -0.4 is 10.1 Å². The molecule has 1 atom stereocenters. The quantitative estimate of drug-likeness (QED) is 0.744. The van der Waals surface area contributed by atoms with E-state index in [-0.39, 0.29) is 35.8 Å². The minimum atomic E-state index is -3.82. The standard InChI is InChI=1S/C23H27N3O5S/c1-16-11-19-20(31-15-22(27)24-19)12-21(16)32(29,30)26-10-6-9-18(14-26)23(28)25(2)13-17-7-4-3-5-8-17/h3-5,7-8,11-12,18H,6,9-10,13-15H2,1-2H3,(H,24,27)/t18-/m0/s1. The molecule has 8 nitrogen and oxygen atoms in total. The molecule has 0 radical (unpaired) electrons. The molecule has 0 spiro atoms. The molecule has 2 amide bonds. The smallest absolute Gasteiger partial charge is 0.262 e. The number of benzene rings is 2. The number of nitrogens with one attached hydrogen (secondary N) is 1. The van der Waals surface area contributed by atoms with Gasteiger partial charge in [-0.05, 0) is 37.0 Å². The highest BCUT2D eigenvalue weighted by Crippen LogP contribution is 2.35. The SMILES string of the molecule is Cc1cc2c(cc1S(=O)(=O)N1CCC[C@H](C(=O)N(C)Cc3ccccc3)C1)OCC(=O)N2. The normalized spacial score (nSPS) is 18.9. The predicted octanol–water partition coefficient (Wildman–Crippen LogP) is 2.39. The van der Waals surface area contributed by atoms with Crippen LogP contribution in [-0.4, -0.2) is 56.2 Å². The molecule has 170 valence electrons. The van der Waals surface area contributed by atoms with E-state index in [9.17, 15) is 18.0 Å². The summed E-state index contributed by atoms with van der Waals surface area (Å²) in [6.45, 7) is 2.53. The van der Waals surface area contributed by atoms with Gasteiger partial charge in [0.2, 0.25) is 15.9 Å². The highest BCUT2D eigenvalue weighted by molar-refractivity contribution is 7.89. The number of carbonyl (C=O) groups excluding carboxylic acids is 2. The molecule has 1 saturated heterocycles. The molecule has 2 aromatic carbocycles. The lowest BCUT2D eigenvalue weighted by atomic mass is 9.98. The highest BCUT2D eigenvalue weighted by atomic mass is 32.2. The van der Waals surface area contributed by atoms with E-state index in [1.807, 2.05) is 30.3 Å². The lowest BCUT2D eigenvalue weighted by Gasteiger charge is -2.33. The van der Waals surface area contributed by atoms with Gasteiger partial charge in [0, 0.05) is 32.7 Å². The fourth-order valence-corrected chi connectivity index (χ4v) is 5.99. The van der Waals surface area contributed by atoms with Crippen molar-refractivity contribution in [2.75, 3.05) is 32.1 Å². The van der Waals surface area contributed by atoms with E-state index in [4.69, 9.17) is 4.74 Å². The fraction of sp³-hybridized carbons (Fsp3) is 0.391. The summed E-state index contributed by atoms with van der Waals surface area (Å²) >= 11 is 0. The Labute approximate surface area is 188 Å². The Kier molecular flexibility index (Phi) is 6.21. The van der Waals surface area contributed by atoms with Crippen LogP contribution in [0.2, 0.25) is 0 Å². The monoisotopic (exact) mass is 457 g/mol. The van der Waals surface area contributed by atoms with Crippen molar-refractivity contribution in [1.82, 2.24) is 9.21 Å². The van der Waals surface area contributed by atoms with Gasteiger partial charge >= 0.3 is 0 Å². The van der Waals surface area contributed by atoms with Crippen molar-refractivity contribution in [3.8, 4) is 5.75 Å². The van der Waals surface area contributed by atoms with Crippen LogP contribution >= 0.6 is 0 Å². The number of hydrogen-bond donors (Lipinski definition) is 1. The zero-order valence-electron chi connectivity index (χ0n) is 18.2. The maximum Gasteiger partial charge on any atom is 0.262 e. The number of aryl methyl sites for hydroxylation is 1. The van der Waals surface area contributed by atoms with Crippen molar-refractivity contribution >= 4 is 27.5 Å². The third-order valence-corrected chi connectivity index (χ3v) is 7.91. The highest BCUT2D eigenvalue weighted by Gasteiger charge is 2.36. The first-order chi connectivity index (χ1) is 15.3. The maximum atomic E-state index is 13.4. The molecule has 9 heteroatoms. The van der Waals surface area contributed by atoms with E-state index in [2.05, 4.69) is 5.32 Å². The molecule has 0 aliphatic carbocycles. The number of ether oxygens (including phenoxy) is 1. The summed E-state index contributed by atoms with van der Waals surface area (Å²) in [4.78, 5) is 26.4. The van der Waals surface area contributed by atoms with Gasteiger partial charge in [-0.25, -0.2) is 8.42 Å². The summed E-state index contributed by atoms with van der Waals surface area (Å²) in [6, 6.07) is 12.8. The van der Waals surface area contributed by atoms with Gasteiger partial charge in [-0.15, -0.1) is 0 Å². The van der Waals surface area contributed by atoms with Crippen molar-refractivity contribution < 1.29 is 22.7 Å². The Morgan fingerprint density at radius 3 is 2.75 bits per heavy atom. The van der Waals surface area contributed by atoms with Crippen LogP contribution in [0.15, 0.2) is 47.4 Å². The summed E-state index contributed by atoms with van der Waals surface area (Å²) in [5.41, 5.74) is 2.01. The van der Waals surface area contributed by atoms with Gasteiger partial charge in [0.05, 0.1) is 16.5 Å². The number of amides is 2. The van der Waals surface area contributed by atoms with Crippen LogP contribution in [-0.2, 0) is 26.2 Å². The first-order valence-corrected chi connectivity index (χ1v) is 12.1. The second kappa shape index (κ2) is 8.91. The number of fused-ring (bicyclic) bond motifs is 1. The van der Waals surface area contributed by atoms with Gasteiger partial charge in [0.15, 0.2) is 6.61 Å². The first kappa shape index (κ1) is 22.3. The first-order valence-electron chi connectivity index (χ1n) is 10.6. The molecule has 4 rings (SSSR count). The Hall–Kier alpha value is -2.91. The van der Waals surface area contributed by atoms with Crippen LogP contribution in [0, 0.1) is 12.8 Å². The number of piperidine rings is 1. The Morgan fingerprint density at radius 1 is 1.25 bits per heavy atom. The molecule has 1 N–H and O–H groups in total. The van der Waals surface area contributed by atoms with Gasteiger partial charge in [0.25, 0.3) is 5.91 Å². The third kappa shape index (κ3) is 4.49. The molecule has 1 fully saturated rings. The van der Waals surface area contributed by atoms with Crippen molar-refractivity contribution in [1.29, 1.82) is 0 Å². The van der Waals surface area contributed by atoms with Crippen LogP contribution in [0.1, 0.15) is 24.0 Å². The van der Waals surface area contributed by atoms with Gasteiger partial charge < -0.3 is 15.0 Å².